The van der Waals surface area contributed by atoms with E-state index < -0.39 is 0 Å². The van der Waals surface area contributed by atoms with Crippen molar-refractivity contribution >= 4 is 6.29 Å². The van der Waals surface area contributed by atoms with Crippen LogP contribution in [0.25, 0.3) is 0 Å². The predicted octanol–water partition coefficient (Wildman–Crippen LogP) is 0.693. The van der Waals surface area contributed by atoms with Gasteiger partial charge in [-0.15, -0.1) is 0 Å². The molecule has 2 nitrogen and oxygen atoms in total. The Balaban J connectivity index is 3.25. The van der Waals surface area contributed by atoms with Crippen LogP contribution in [-0.2, 0) is 4.79 Å². The number of carbonyl (C=O) groups is 1. The molecule has 0 aliphatic rings. The van der Waals surface area contributed by atoms with E-state index in [1.807, 2.05) is 13.1 Å². The van der Waals surface area contributed by atoms with Crippen LogP contribution in [0.15, 0.2) is 12.2 Å². The van der Waals surface area contributed by atoms with Crippen molar-refractivity contribution in [3.8, 4) is 0 Å². The first kappa shape index (κ1) is 8.37. The zero-order valence-electron chi connectivity index (χ0n) is 6.00. The first-order valence-electron chi connectivity index (χ1n) is 3.10. The van der Waals surface area contributed by atoms with Crippen molar-refractivity contribution in [2.45, 2.75) is 6.92 Å². The molecular weight excluding hydrogens is 114 g/mol. The van der Waals surface area contributed by atoms with E-state index in [0.717, 1.165) is 19.4 Å². The number of rotatable bonds is 4. The second-order valence-corrected chi connectivity index (χ2v) is 1.92. The van der Waals surface area contributed by atoms with Gasteiger partial charge >= 0.3 is 0 Å². The standard InChI is InChI=1S/C7H13NO/c1-3-8(2)6-4-5-7-9/h4-5,7H,3,6H2,1-2H3. The molecule has 0 aromatic heterocycles. The average molecular weight is 127 g/mol. The molecule has 0 radical (unpaired) electrons. The van der Waals surface area contributed by atoms with Gasteiger partial charge in [0.05, 0.1) is 0 Å². The van der Waals surface area contributed by atoms with Gasteiger partial charge in [-0.3, -0.25) is 4.79 Å². The van der Waals surface area contributed by atoms with Crippen LogP contribution in [0.1, 0.15) is 6.92 Å². The highest BCUT2D eigenvalue weighted by molar-refractivity contribution is 5.64. The van der Waals surface area contributed by atoms with E-state index in [1.54, 1.807) is 0 Å². The number of likely N-dealkylation sites (N-methyl/N-ethyl adjacent to an activating group) is 1. The summed E-state index contributed by atoms with van der Waals surface area (Å²) in [5.41, 5.74) is 0. The van der Waals surface area contributed by atoms with Crippen molar-refractivity contribution in [1.29, 1.82) is 0 Å². The normalized spacial score (nSPS) is 11.0. The molecule has 0 atom stereocenters. The summed E-state index contributed by atoms with van der Waals surface area (Å²) in [6, 6.07) is 0. The van der Waals surface area contributed by atoms with Gasteiger partial charge in [0.15, 0.2) is 0 Å². The molecule has 0 heterocycles. The van der Waals surface area contributed by atoms with Gasteiger partial charge in [0.1, 0.15) is 6.29 Å². The van der Waals surface area contributed by atoms with Crippen LogP contribution in [0, 0.1) is 0 Å². The number of hydrogen-bond donors (Lipinski definition) is 0. The van der Waals surface area contributed by atoms with Crippen molar-refractivity contribution in [2.75, 3.05) is 20.1 Å². The lowest BCUT2D eigenvalue weighted by molar-refractivity contribution is -0.104. The van der Waals surface area contributed by atoms with Crippen LogP contribution in [0.3, 0.4) is 0 Å². The minimum atomic E-state index is 0.795. The Bertz CT molecular complexity index is 99.1. The second kappa shape index (κ2) is 5.51. The molecule has 0 aromatic carbocycles. The minimum Gasteiger partial charge on any atom is -0.303 e. The van der Waals surface area contributed by atoms with Crippen molar-refractivity contribution in [1.82, 2.24) is 4.90 Å². The van der Waals surface area contributed by atoms with E-state index in [4.69, 9.17) is 0 Å². The fraction of sp³-hybridized carbons (Fsp3) is 0.571. The Morgan fingerprint density at radius 1 is 1.56 bits per heavy atom. The third-order valence-corrected chi connectivity index (χ3v) is 1.17. The van der Waals surface area contributed by atoms with Gasteiger partial charge in [0, 0.05) is 6.54 Å². The zero-order valence-corrected chi connectivity index (χ0v) is 6.00. The molecular formula is C7H13NO. The Kier molecular flexibility index (Phi) is 5.12. The summed E-state index contributed by atoms with van der Waals surface area (Å²) in [6.07, 6.45) is 4.16. The van der Waals surface area contributed by atoms with Crippen LogP contribution in [0.4, 0.5) is 0 Å². The topological polar surface area (TPSA) is 20.3 Å². The van der Waals surface area contributed by atoms with E-state index in [0.29, 0.717) is 0 Å². The van der Waals surface area contributed by atoms with Crippen LogP contribution in [-0.4, -0.2) is 31.3 Å². The first-order chi connectivity index (χ1) is 4.31. The number of allylic oxidation sites excluding steroid dienone is 1. The predicted molar refractivity (Wildman–Crippen MR) is 38.4 cm³/mol. The maximum atomic E-state index is 9.77. The molecule has 0 spiro atoms. The molecule has 0 unspecified atom stereocenters. The summed E-state index contributed by atoms with van der Waals surface area (Å²) in [4.78, 5) is 11.9. The third kappa shape index (κ3) is 5.24. The van der Waals surface area contributed by atoms with E-state index in [9.17, 15) is 4.79 Å². The summed E-state index contributed by atoms with van der Waals surface area (Å²) < 4.78 is 0. The highest BCUT2D eigenvalue weighted by Gasteiger charge is 1.85. The summed E-state index contributed by atoms with van der Waals surface area (Å²) in [5, 5.41) is 0. The number of hydrogen-bond acceptors (Lipinski definition) is 2. The molecule has 2 heteroatoms. The van der Waals surface area contributed by atoms with Gasteiger partial charge in [0.2, 0.25) is 0 Å². The molecule has 0 rings (SSSR count). The van der Waals surface area contributed by atoms with E-state index in [2.05, 4.69) is 11.8 Å². The largest absolute Gasteiger partial charge is 0.303 e. The summed E-state index contributed by atoms with van der Waals surface area (Å²) >= 11 is 0. The maximum absolute atomic E-state index is 9.77. The Labute approximate surface area is 56.2 Å². The highest BCUT2D eigenvalue weighted by atomic mass is 16.1. The van der Waals surface area contributed by atoms with E-state index in [-0.39, 0.29) is 0 Å². The molecule has 52 valence electrons. The fourth-order valence-corrected chi connectivity index (χ4v) is 0.425. The number of carbonyl (C=O) groups excluding carboxylic acids is 1. The molecule has 0 saturated carbocycles. The molecule has 0 bridgehead atoms. The molecule has 0 aromatic rings. The number of nitrogens with zero attached hydrogens (tertiary/aromatic N) is 1. The van der Waals surface area contributed by atoms with Gasteiger partial charge in [-0.1, -0.05) is 13.0 Å². The third-order valence-electron chi connectivity index (χ3n) is 1.17. The second-order valence-electron chi connectivity index (χ2n) is 1.92. The first-order valence-corrected chi connectivity index (χ1v) is 3.10. The molecule has 0 amide bonds. The van der Waals surface area contributed by atoms with Crippen molar-refractivity contribution in [3.05, 3.63) is 12.2 Å². The van der Waals surface area contributed by atoms with Gasteiger partial charge in [-0.2, -0.15) is 0 Å². The summed E-state index contributed by atoms with van der Waals surface area (Å²) in [5.74, 6) is 0. The Hall–Kier alpha value is -0.630. The van der Waals surface area contributed by atoms with Crippen molar-refractivity contribution < 1.29 is 4.79 Å². The van der Waals surface area contributed by atoms with Crippen LogP contribution < -0.4 is 0 Å². The monoisotopic (exact) mass is 127 g/mol. The van der Waals surface area contributed by atoms with Crippen LogP contribution >= 0.6 is 0 Å². The van der Waals surface area contributed by atoms with Crippen LogP contribution in [0.5, 0.6) is 0 Å². The van der Waals surface area contributed by atoms with Gasteiger partial charge < -0.3 is 4.90 Å². The maximum Gasteiger partial charge on any atom is 0.142 e. The number of aldehydes is 1. The molecule has 0 aliphatic heterocycles. The average Bonchev–Trinajstić information content (AvgIpc) is 1.89. The summed E-state index contributed by atoms with van der Waals surface area (Å²) in [6.45, 7) is 3.95. The quantitative estimate of drug-likeness (QED) is 0.409. The zero-order chi connectivity index (χ0) is 7.11. The fourth-order valence-electron chi connectivity index (χ4n) is 0.425. The lowest BCUT2D eigenvalue weighted by atomic mass is 10.5. The lowest BCUT2D eigenvalue weighted by Crippen LogP contribution is -2.16. The Morgan fingerprint density at radius 2 is 2.22 bits per heavy atom. The molecule has 0 fully saturated rings. The van der Waals surface area contributed by atoms with Gasteiger partial charge in [0.25, 0.3) is 0 Å². The van der Waals surface area contributed by atoms with Crippen LogP contribution in [0.2, 0.25) is 0 Å². The molecule has 0 saturated heterocycles. The van der Waals surface area contributed by atoms with Gasteiger partial charge in [-0.25, -0.2) is 0 Å². The molecule has 0 aliphatic carbocycles. The van der Waals surface area contributed by atoms with Crippen molar-refractivity contribution in [2.24, 2.45) is 0 Å². The highest BCUT2D eigenvalue weighted by Crippen LogP contribution is 1.79. The SMILES string of the molecule is CCN(C)CC=CC=O. The minimum absolute atomic E-state index is 0.795. The van der Waals surface area contributed by atoms with E-state index >= 15 is 0 Å². The van der Waals surface area contributed by atoms with E-state index in [1.165, 1.54) is 6.08 Å². The Morgan fingerprint density at radius 3 is 2.67 bits per heavy atom. The van der Waals surface area contributed by atoms with Gasteiger partial charge in [-0.05, 0) is 19.7 Å². The van der Waals surface area contributed by atoms with Crippen molar-refractivity contribution in [3.63, 3.8) is 0 Å². The smallest absolute Gasteiger partial charge is 0.142 e. The summed E-state index contributed by atoms with van der Waals surface area (Å²) in [7, 11) is 2.01. The molecule has 0 N–H and O–H groups in total. The molecule has 9 heavy (non-hydrogen) atoms. The lowest BCUT2D eigenvalue weighted by Gasteiger charge is -2.08.